The van der Waals surface area contributed by atoms with Gasteiger partial charge in [-0.25, -0.2) is 0 Å². The van der Waals surface area contributed by atoms with E-state index in [-0.39, 0.29) is 5.78 Å². The van der Waals surface area contributed by atoms with Crippen molar-refractivity contribution >= 4 is 27.6 Å². The number of fused-ring (bicyclic) bond motifs is 5. The molecule has 2 unspecified atom stereocenters. The summed E-state index contributed by atoms with van der Waals surface area (Å²) in [5.41, 5.74) is 5.33. The number of nitrogens with zero attached hydrogens (tertiary/aromatic N) is 2. The molecule has 1 N–H and O–H groups in total. The molecule has 2 aliphatic rings. The maximum Gasteiger partial charge on any atom is 0.163 e. The molecule has 5 rings (SSSR count). The van der Waals surface area contributed by atoms with Crippen molar-refractivity contribution in [3.05, 3.63) is 47.0 Å². The second kappa shape index (κ2) is 7.24. The Labute approximate surface area is 170 Å². The first-order valence-electron chi connectivity index (χ1n) is 10.6. The third-order valence-corrected chi connectivity index (χ3v) is 6.75. The number of likely N-dealkylation sites (N-methyl/N-ethyl adjacent to an activating group) is 1. The number of hydrogen-bond acceptors (Lipinski definition) is 4. The average molecular weight is 392 g/mol. The highest BCUT2D eigenvalue weighted by Gasteiger charge is 2.26. The van der Waals surface area contributed by atoms with Crippen LogP contribution < -0.4 is 0 Å². The molecule has 1 aliphatic heterocycles. The van der Waals surface area contributed by atoms with E-state index in [2.05, 4.69) is 34.7 Å². The second-order valence-electron chi connectivity index (χ2n) is 8.51. The topological polar surface area (TPSA) is 54.7 Å². The molecule has 0 saturated carbocycles. The minimum atomic E-state index is -0.510. The van der Waals surface area contributed by atoms with Crippen molar-refractivity contribution in [2.75, 3.05) is 26.8 Å². The summed E-state index contributed by atoms with van der Waals surface area (Å²) in [7, 11) is 2.18. The number of aromatic nitrogens is 1. The van der Waals surface area contributed by atoms with Crippen LogP contribution in [-0.4, -0.2) is 53.2 Å². The third kappa shape index (κ3) is 3.08. The van der Waals surface area contributed by atoms with Crippen LogP contribution in [0.5, 0.6) is 0 Å². The number of aryl methyl sites for hydroxylation is 1. The van der Waals surface area contributed by atoms with E-state index in [1.54, 1.807) is 6.92 Å². The van der Waals surface area contributed by atoms with Crippen LogP contribution in [0.15, 0.2) is 30.3 Å². The summed E-state index contributed by atoms with van der Waals surface area (Å²) in [6, 6.07) is 10.9. The van der Waals surface area contributed by atoms with Gasteiger partial charge in [-0.1, -0.05) is 6.07 Å². The Morgan fingerprint density at radius 1 is 1.24 bits per heavy atom. The number of carbonyl (C=O) groups is 1. The van der Waals surface area contributed by atoms with Gasteiger partial charge >= 0.3 is 0 Å². The highest BCUT2D eigenvalue weighted by Crippen LogP contribution is 2.38. The number of ether oxygens (including phenoxy) is 1. The number of Topliss-reactive ketones (excluding diaryl/α,β-unsaturated/α-hetero) is 1. The van der Waals surface area contributed by atoms with Crippen molar-refractivity contribution in [3.8, 4) is 0 Å². The minimum absolute atomic E-state index is 0.246. The Bertz CT molecular complexity index is 1090. The average Bonchev–Trinajstić information content (AvgIpc) is 3.44. The van der Waals surface area contributed by atoms with E-state index in [4.69, 9.17) is 4.74 Å². The zero-order valence-electron chi connectivity index (χ0n) is 17.1. The number of benzene rings is 2. The van der Waals surface area contributed by atoms with Crippen LogP contribution in [0.1, 0.15) is 47.4 Å². The van der Waals surface area contributed by atoms with Crippen molar-refractivity contribution in [2.24, 2.45) is 0 Å². The number of ketones is 1. The van der Waals surface area contributed by atoms with Crippen LogP contribution in [0.2, 0.25) is 0 Å². The molecule has 0 bridgehead atoms. The van der Waals surface area contributed by atoms with Gasteiger partial charge in [0.05, 0.1) is 12.7 Å². The lowest BCUT2D eigenvalue weighted by molar-refractivity contribution is 0.0994. The monoisotopic (exact) mass is 392 g/mol. The first kappa shape index (κ1) is 18.8. The molecule has 1 aromatic heterocycles. The first-order chi connectivity index (χ1) is 14.0. The van der Waals surface area contributed by atoms with Crippen LogP contribution in [0.25, 0.3) is 21.8 Å². The maximum atomic E-state index is 12.3. The maximum absolute atomic E-state index is 12.3. The fourth-order valence-corrected chi connectivity index (χ4v) is 4.98. The van der Waals surface area contributed by atoms with Crippen molar-refractivity contribution < 1.29 is 14.6 Å². The molecule has 0 amide bonds. The zero-order chi connectivity index (χ0) is 20.1. The fraction of sp³-hybridized carbons (Fsp3) is 0.458. The van der Waals surface area contributed by atoms with E-state index < -0.39 is 6.10 Å². The lowest BCUT2D eigenvalue weighted by atomic mass is 10.0. The Hall–Kier alpha value is -2.21. The van der Waals surface area contributed by atoms with E-state index in [1.165, 1.54) is 22.0 Å². The molecule has 0 radical (unpaired) electrons. The summed E-state index contributed by atoms with van der Waals surface area (Å²) >= 11 is 0. The van der Waals surface area contributed by atoms with Crippen molar-refractivity contribution in [1.29, 1.82) is 0 Å². The highest BCUT2D eigenvalue weighted by atomic mass is 16.5. The summed E-state index contributed by atoms with van der Waals surface area (Å²) in [6.07, 6.45) is 1.99. The van der Waals surface area contributed by atoms with Crippen LogP contribution in [-0.2, 0) is 17.7 Å². The SMILES string of the molecule is CC(O)c1ccc2c(c1)c1c3c(ccc1n2CCN(C)C1CCOC1)C(=O)CC3. The quantitative estimate of drug-likeness (QED) is 0.719. The number of aliphatic hydroxyl groups is 1. The molecule has 5 nitrogen and oxygen atoms in total. The molecule has 0 spiro atoms. The van der Waals surface area contributed by atoms with Gasteiger partial charge in [0.2, 0.25) is 0 Å². The number of hydrogen-bond donors (Lipinski definition) is 1. The Morgan fingerprint density at radius 3 is 2.83 bits per heavy atom. The predicted octanol–water partition coefficient (Wildman–Crippen LogP) is 3.70. The zero-order valence-corrected chi connectivity index (χ0v) is 17.1. The van der Waals surface area contributed by atoms with Crippen molar-refractivity contribution in [1.82, 2.24) is 9.47 Å². The molecular weight excluding hydrogens is 364 g/mol. The predicted molar refractivity (Wildman–Crippen MR) is 115 cm³/mol. The summed E-state index contributed by atoms with van der Waals surface area (Å²) in [6.45, 7) is 5.30. The molecule has 3 aromatic rings. The number of rotatable bonds is 5. The third-order valence-electron chi connectivity index (χ3n) is 6.75. The van der Waals surface area contributed by atoms with Gasteiger partial charge in [0.15, 0.2) is 5.78 Å². The van der Waals surface area contributed by atoms with Crippen molar-refractivity contribution in [3.63, 3.8) is 0 Å². The van der Waals surface area contributed by atoms with E-state index in [1.807, 2.05) is 12.1 Å². The van der Waals surface area contributed by atoms with Gasteiger partial charge in [-0.3, -0.25) is 9.69 Å². The van der Waals surface area contributed by atoms with Gasteiger partial charge < -0.3 is 14.4 Å². The molecule has 2 atom stereocenters. The van der Waals surface area contributed by atoms with Gasteiger partial charge in [-0.05, 0) is 62.2 Å². The largest absolute Gasteiger partial charge is 0.389 e. The lowest BCUT2D eigenvalue weighted by Gasteiger charge is -2.23. The van der Waals surface area contributed by atoms with Gasteiger partial charge in [-0.15, -0.1) is 0 Å². The second-order valence-corrected chi connectivity index (χ2v) is 8.51. The van der Waals surface area contributed by atoms with Crippen LogP contribution in [0, 0.1) is 0 Å². The summed E-state index contributed by atoms with van der Waals surface area (Å²) in [4.78, 5) is 14.7. The minimum Gasteiger partial charge on any atom is -0.389 e. The molecule has 1 aliphatic carbocycles. The molecular formula is C24H28N2O3. The van der Waals surface area contributed by atoms with E-state index in [0.717, 1.165) is 55.7 Å². The first-order valence-corrected chi connectivity index (χ1v) is 10.6. The van der Waals surface area contributed by atoms with E-state index in [0.29, 0.717) is 12.5 Å². The molecule has 1 fully saturated rings. The fourth-order valence-electron chi connectivity index (χ4n) is 4.98. The van der Waals surface area contributed by atoms with E-state index in [9.17, 15) is 9.90 Å². The van der Waals surface area contributed by atoms with Crippen molar-refractivity contribution in [2.45, 2.75) is 44.9 Å². The molecule has 2 aromatic carbocycles. The van der Waals surface area contributed by atoms with Gasteiger partial charge in [0, 0.05) is 59.5 Å². The Balaban J connectivity index is 1.63. The summed E-state index contributed by atoms with van der Waals surface area (Å²) in [5, 5.41) is 12.5. The molecule has 152 valence electrons. The molecule has 2 heterocycles. The number of carbonyl (C=O) groups excluding carboxylic acids is 1. The van der Waals surface area contributed by atoms with Crippen LogP contribution >= 0.6 is 0 Å². The van der Waals surface area contributed by atoms with Gasteiger partial charge in [0.1, 0.15) is 0 Å². The van der Waals surface area contributed by atoms with Gasteiger partial charge in [-0.2, -0.15) is 0 Å². The lowest BCUT2D eigenvalue weighted by Crippen LogP contribution is -2.34. The van der Waals surface area contributed by atoms with Gasteiger partial charge in [0.25, 0.3) is 0 Å². The summed E-state index contributed by atoms with van der Waals surface area (Å²) < 4.78 is 7.93. The molecule has 29 heavy (non-hydrogen) atoms. The molecule has 5 heteroatoms. The van der Waals surface area contributed by atoms with Crippen LogP contribution in [0.3, 0.4) is 0 Å². The standard InChI is InChI=1S/C24H28N2O3/c1-15(27)16-3-6-21-20(13-16)24-19-5-8-23(28)18(19)4-7-22(24)26(21)11-10-25(2)17-9-12-29-14-17/h3-4,6-7,13,15,17,27H,5,8-12,14H2,1-2H3. The number of aliphatic hydroxyl groups excluding tert-OH is 1. The highest BCUT2D eigenvalue weighted by molar-refractivity contribution is 6.15. The molecule has 1 saturated heterocycles. The van der Waals surface area contributed by atoms with E-state index >= 15 is 0 Å². The smallest absolute Gasteiger partial charge is 0.163 e. The van der Waals surface area contributed by atoms with Crippen LogP contribution in [0.4, 0.5) is 0 Å². The Kier molecular flexibility index (Phi) is 4.69. The summed E-state index contributed by atoms with van der Waals surface area (Å²) in [5.74, 6) is 0.246. The normalized spacial score (nSPS) is 20.3. The Morgan fingerprint density at radius 2 is 2.07 bits per heavy atom.